The molecule has 0 radical (unpaired) electrons. The van der Waals surface area contributed by atoms with Crippen LogP contribution in [0.2, 0.25) is 5.02 Å². The number of hydrogen-bond acceptors (Lipinski definition) is 6. The van der Waals surface area contributed by atoms with Gasteiger partial charge in [0, 0.05) is 53.2 Å². The Kier molecular flexibility index (Phi) is 8.15. The Morgan fingerprint density at radius 2 is 1.84 bits per heavy atom. The van der Waals surface area contributed by atoms with E-state index in [1.807, 2.05) is 48.2 Å². The lowest BCUT2D eigenvalue weighted by atomic mass is 9.86. The number of carbonyl (C=O) groups is 1. The fourth-order valence-electron chi connectivity index (χ4n) is 5.17. The number of amides is 1. The Bertz CT molecular complexity index is 1410. The molecule has 1 amide bonds. The number of aromatic nitrogens is 2. The third kappa shape index (κ3) is 5.49. The molecule has 1 aliphatic rings. The van der Waals surface area contributed by atoms with Crippen molar-refractivity contribution in [1.82, 2.24) is 14.9 Å². The number of ether oxygens (including phenoxy) is 1. The summed E-state index contributed by atoms with van der Waals surface area (Å²) in [5.41, 5.74) is 2.85. The predicted octanol–water partition coefficient (Wildman–Crippen LogP) is 7.67. The molecular formula is C30H33ClN4O2S. The highest BCUT2D eigenvalue weighted by atomic mass is 35.5. The quantitative estimate of drug-likeness (QED) is 0.244. The van der Waals surface area contributed by atoms with Gasteiger partial charge in [0.1, 0.15) is 10.6 Å². The number of nitrogens with zero attached hydrogens (tertiary/aromatic N) is 3. The van der Waals surface area contributed by atoms with E-state index in [9.17, 15) is 4.79 Å². The van der Waals surface area contributed by atoms with Gasteiger partial charge >= 0.3 is 0 Å². The summed E-state index contributed by atoms with van der Waals surface area (Å²) < 4.78 is 7.05. The molecule has 0 spiro atoms. The van der Waals surface area contributed by atoms with E-state index < -0.39 is 0 Å². The SMILES string of the molecule is CCOc1ccc(-c2cnc(NC)nc2)cc1CN(C(=O)c1sc2ccccc2c1Cl)C1CCC(C)CC1. The van der Waals surface area contributed by atoms with E-state index in [1.165, 1.54) is 11.3 Å². The number of hydrogen-bond donors (Lipinski definition) is 1. The summed E-state index contributed by atoms with van der Waals surface area (Å²) in [6, 6.07) is 14.2. The highest BCUT2D eigenvalue weighted by Crippen LogP contribution is 2.38. The van der Waals surface area contributed by atoms with Crippen molar-refractivity contribution in [2.45, 2.75) is 52.1 Å². The molecule has 8 heteroatoms. The van der Waals surface area contributed by atoms with Gasteiger partial charge in [-0.3, -0.25) is 4.79 Å². The van der Waals surface area contributed by atoms with Crippen LogP contribution < -0.4 is 10.1 Å². The monoisotopic (exact) mass is 548 g/mol. The lowest BCUT2D eigenvalue weighted by Gasteiger charge is -2.36. The Morgan fingerprint density at radius 3 is 2.53 bits per heavy atom. The van der Waals surface area contributed by atoms with Crippen LogP contribution >= 0.6 is 22.9 Å². The van der Waals surface area contributed by atoms with Crippen molar-refractivity contribution >= 4 is 44.9 Å². The zero-order valence-electron chi connectivity index (χ0n) is 22.0. The summed E-state index contributed by atoms with van der Waals surface area (Å²) in [5.74, 6) is 2.03. The molecule has 2 aromatic heterocycles. The van der Waals surface area contributed by atoms with Crippen LogP contribution in [0.15, 0.2) is 54.9 Å². The maximum absolute atomic E-state index is 14.2. The van der Waals surface area contributed by atoms with Gasteiger partial charge in [-0.2, -0.15) is 0 Å². The highest BCUT2D eigenvalue weighted by Gasteiger charge is 2.31. The Labute approximate surface area is 233 Å². The topological polar surface area (TPSA) is 67.3 Å². The van der Waals surface area contributed by atoms with Gasteiger partial charge in [0.25, 0.3) is 5.91 Å². The van der Waals surface area contributed by atoms with Crippen molar-refractivity contribution in [3.63, 3.8) is 0 Å². The minimum Gasteiger partial charge on any atom is -0.494 e. The highest BCUT2D eigenvalue weighted by molar-refractivity contribution is 7.21. The van der Waals surface area contributed by atoms with Crippen LogP contribution in [-0.4, -0.2) is 40.5 Å². The van der Waals surface area contributed by atoms with Crippen LogP contribution in [0.25, 0.3) is 21.2 Å². The number of anilines is 1. The summed E-state index contributed by atoms with van der Waals surface area (Å²) in [6.07, 6.45) is 7.81. The van der Waals surface area contributed by atoms with Crippen molar-refractivity contribution in [2.24, 2.45) is 5.92 Å². The smallest absolute Gasteiger partial charge is 0.266 e. The molecular weight excluding hydrogens is 516 g/mol. The third-order valence-corrected chi connectivity index (χ3v) is 8.99. The predicted molar refractivity (Wildman–Crippen MR) is 156 cm³/mol. The number of nitrogens with one attached hydrogen (secondary N) is 1. The van der Waals surface area contributed by atoms with Crippen LogP contribution in [0.3, 0.4) is 0 Å². The zero-order chi connectivity index (χ0) is 26.6. The van der Waals surface area contributed by atoms with Crippen LogP contribution in [-0.2, 0) is 6.54 Å². The summed E-state index contributed by atoms with van der Waals surface area (Å²) in [6.45, 7) is 5.26. The van der Waals surface area contributed by atoms with Gasteiger partial charge in [0.05, 0.1) is 11.6 Å². The van der Waals surface area contributed by atoms with Gasteiger partial charge in [0.2, 0.25) is 5.95 Å². The molecule has 0 atom stereocenters. The van der Waals surface area contributed by atoms with Gasteiger partial charge in [-0.15, -0.1) is 11.3 Å². The van der Waals surface area contributed by atoms with Gasteiger partial charge in [-0.25, -0.2) is 9.97 Å². The molecule has 1 N–H and O–H groups in total. The van der Waals surface area contributed by atoms with Crippen molar-refractivity contribution < 1.29 is 9.53 Å². The molecule has 6 nitrogen and oxygen atoms in total. The van der Waals surface area contributed by atoms with Crippen molar-refractivity contribution in [2.75, 3.05) is 19.0 Å². The normalized spacial score (nSPS) is 17.4. The second-order valence-corrected chi connectivity index (χ2v) is 11.3. The lowest BCUT2D eigenvalue weighted by molar-refractivity contribution is 0.0596. The van der Waals surface area contributed by atoms with E-state index in [0.29, 0.717) is 34.9 Å². The molecule has 5 rings (SSSR count). The summed E-state index contributed by atoms with van der Waals surface area (Å²) in [5, 5.41) is 4.43. The summed E-state index contributed by atoms with van der Waals surface area (Å²) >= 11 is 8.27. The molecule has 0 saturated heterocycles. The second kappa shape index (κ2) is 11.7. The molecule has 0 aliphatic heterocycles. The van der Waals surface area contributed by atoms with Gasteiger partial charge < -0.3 is 15.0 Å². The fourth-order valence-corrected chi connectivity index (χ4v) is 6.64. The molecule has 0 bridgehead atoms. The Balaban J connectivity index is 1.53. The first-order chi connectivity index (χ1) is 18.5. The Morgan fingerprint density at radius 1 is 1.11 bits per heavy atom. The van der Waals surface area contributed by atoms with Crippen LogP contribution in [0, 0.1) is 5.92 Å². The largest absolute Gasteiger partial charge is 0.494 e. The van der Waals surface area contributed by atoms with Crippen molar-refractivity contribution in [1.29, 1.82) is 0 Å². The number of rotatable bonds is 8. The number of fused-ring (bicyclic) bond motifs is 1. The molecule has 0 unspecified atom stereocenters. The van der Waals surface area contributed by atoms with Gasteiger partial charge in [0.15, 0.2) is 0 Å². The first kappa shape index (κ1) is 26.4. The summed E-state index contributed by atoms with van der Waals surface area (Å²) in [7, 11) is 1.80. The molecule has 38 heavy (non-hydrogen) atoms. The lowest BCUT2D eigenvalue weighted by Crippen LogP contribution is -2.41. The third-order valence-electron chi connectivity index (χ3n) is 7.33. The van der Waals surface area contributed by atoms with Crippen LogP contribution in [0.4, 0.5) is 5.95 Å². The summed E-state index contributed by atoms with van der Waals surface area (Å²) in [4.78, 5) is 25.6. The zero-order valence-corrected chi connectivity index (χ0v) is 23.6. The number of halogens is 1. The number of benzene rings is 2. The first-order valence-corrected chi connectivity index (χ1v) is 14.4. The van der Waals surface area contributed by atoms with E-state index in [1.54, 1.807) is 19.4 Å². The standard InChI is InChI=1S/C30H33ClN4O2S/c1-4-37-25-14-11-20(22-16-33-30(32-3)34-17-22)15-21(25)18-35(23-12-9-19(2)10-13-23)29(36)28-27(31)24-7-5-6-8-26(24)38-28/h5-8,11,14-17,19,23H,4,9-10,12-13,18H2,1-3H3,(H,32,33,34). The molecule has 2 aromatic carbocycles. The van der Waals surface area contributed by atoms with E-state index in [4.69, 9.17) is 16.3 Å². The molecule has 1 aliphatic carbocycles. The van der Waals surface area contributed by atoms with E-state index in [2.05, 4.69) is 28.3 Å². The number of thiophene rings is 1. The van der Waals surface area contributed by atoms with E-state index in [-0.39, 0.29) is 11.9 Å². The molecule has 4 aromatic rings. The maximum Gasteiger partial charge on any atom is 0.266 e. The van der Waals surface area contributed by atoms with Crippen LogP contribution in [0.5, 0.6) is 5.75 Å². The van der Waals surface area contributed by atoms with E-state index in [0.717, 1.165) is 58.2 Å². The van der Waals surface area contributed by atoms with Crippen molar-refractivity contribution in [3.8, 4) is 16.9 Å². The molecule has 1 saturated carbocycles. The maximum atomic E-state index is 14.2. The Hall–Kier alpha value is -3.16. The number of carbonyl (C=O) groups excluding carboxylic acids is 1. The molecule has 1 fully saturated rings. The molecule has 2 heterocycles. The second-order valence-electron chi connectivity index (χ2n) is 9.89. The fraction of sp³-hybridized carbons (Fsp3) is 0.367. The first-order valence-electron chi connectivity index (χ1n) is 13.2. The van der Waals surface area contributed by atoms with Gasteiger partial charge in [-0.1, -0.05) is 42.8 Å². The molecule has 198 valence electrons. The average Bonchev–Trinajstić information content (AvgIpc) is 3.29. The minimum absolute atomic E-state index is 0.00897. The van der Waals surface area contributed by atoms with Gasteiger partial charge in [-0.05, 0) is 62.3 Å². The minimum atomic E-state index is -0.00897. The van der Waals surface area contributed by atoms with Crippen molar-refractivity contribution in [3.05, 3.63) is 70.3 Å². The average molecular weight is 549 g/mol. The van der Waals surface area contributed by atoms with Crippen LogP contribution in [0.1, 0.15) is 54.8 Å². The van der Waals surface area contributed by atoms with E-state index >= 15 is 0 Å².